The van der Waals surface area contributed by atoms with Gasteiger partial charge in [-0.05, 0) is 29.7 Å². The lowest BCUT2D eigenvalue weighted by atomic mass is 10.2. The molecule has 0 unspecified atom stereocenters. The Bertz CT molecular complexity index is 551. The molecule has 120 valence electrons. The smallest absolute Gasteiger partial charge is 0.331 e. The standard InChI is InChI=1S/C16H21NO5/c1-11(2)9-17-15(19)10-22-16(20)7-5-12-4-6-13(18)14(8-12)21-3/h4-8,11,18H,9-10H2,1-3H3,(H,17,19)/b7-5+. The van der Waals surface area contributed by atoms with Crippen LogP contribution in [-0.4, -0.2) is 37.2 Å². The molecule has 0 aliphatic carbocycles. The van der Waals surface area contributed by atoms with Crippen molar-refractivity contribution in [3.05, 3.63) is 29.8 Å². The van der Waals surface area contributed by atoms with Crippen molar-refractivity contribution in [2.45, 2.75) is 13.8 Å². The number of nitrogens with one attached hydrogen (secondary N) is 1. The number of hydrogen-bond acceptors (Lipinski definition) is 5. The lowest BCUT2D eigenvalue weighted by molar-refractivity contribution is -0.143. The summed E-state index contributed by atoms with van der Waals surface area (Å²) in [5, 5.41) is 12.1. The number of esters is 1. The highest BCUT2D eigenvalue weighted by molar-refractivity contribution is 5.89. The van der Waals surface area contributed by atoms with Crippen molar-refractivity contribution in [1.29, 1.82) is 0 Å². The van der Waals surface area contributed by atoms with Crippen LogP contribution in [0, 0.1) is 5.92 Å². The molecule has 0 atom stereocenters. The van der Waals surface area contributed by atoms with Crippen LogP contribution >= 0.6 is 0 Å². The minimum atomic E-state index is -0.619. The minimum absolute atomic E-state index is 0.0176. The van der Waals surface area contributed by atoms with Gasteiger partial charge in [-0.3, -0.25) is 4.79 Å². The number of benzene rings is 1. The van der Waals surface area contributed by atoms with Gasteiger partial charge in [-0.25, -0.2) is 4.79 Å². The largest absolute Gasteiger partial charge is 0.504 e. The Morgan fingerprint density at radius 2 is 2.09 bits per heavy atom. The number of methoxy groups -OCH3 is 1. The number of ether oxygens (including phenoxy) is 2. The van der Waals surface area contributed by atoms with Crippen LogP contribution in [0.15, 0.2) is 24.3 Å². The van der Waals surface area contributed by atoms with Crippen LogP contribution in [0.1, 0.15) is 19.4 Å². The quantitative estimate of drug-likeness (QED) is 0.592. The van der Waals surface area contributed by atoms with Crippen LogP contribution in [0.25, 0.3) is 6.08 Å². The number of rotatable bonds is 7. The Morgan fingerprint density at radius 3 is 2.73 bits per heavy atom. The fourth-order valence-corrected chi connectivity index (χ4v) is 1.52. The van der Waals surface area contributed by atoms with Crippen LogP contribution in [-0.2, 0) is 14.3 Å². The van der Waals surface area contributed by atoms with E-state index in [2.05, 4.69) is 5.32 Å². The van der Waals surface area contributed by atoms with Crippen molar-refractivity contribution in [2.24, 2.45) is 5.92 Å². The van der Waals surface area contributed by atoms with Crippen LogP contribution in [0.4, 0.5) is 0 Å². The van der Waals surface area contributed by atoms with E-state index in [1.165, 1.54) is 25.3 Å². The second kappa shape index (κ2) is 8.71. The van der Waals surface area contributed by atoms with E-state index in [1.807, 2.05) is 13.8 Å². The van der Waals surface area contributed by atoms with Gasteiger partial charge in [0.05, 0.1) is 7.11 Å². The zero-order valence-electron chi connectivity index (χ0n) is 13.0. The van der Waals surface area contributed by atoms with Gasteiger partial charge in [-0.15, -0.1) is 0 Å². The first-order chi connectivity index (χ1) is 10.4. The predicted molar refractivity (Wildman–Crippen MR) is 82.5 cm³/mol. The van der Waals surface area contributed by atoms with Gasteiger partial charge in [0.2, 0.25) is 0 Å². The third-order valence-electron chi connectivity index (χ3n) is 2.67. The Balaban J connectivity index is 2.46. The minimum Gasteiger partial charge on any atom is -0.504 e. The molecule has 1 amide bonds. The summed E-state index contributed by atoms with van der Waals surface area (Å²) in [5.74, 6) is -0.287. The molecule has 0 fully saturated rings. The van der Waals surface area contributed by atoms with E-state index in [1.54, 1.807) is 12.1 Å². The van der Waals surface area contributed by atoms with Crippen molar-refractivity contribution in [1.82, 2.24) is 5.32 Å². The monoisotopic (exact) mass is 307 g/mol. The van der Waals surface area contributed by atoms with Gasteiger partial charge in [0.1, 0.15) is 0 Å². The third kappa shape index (κ3) is 6.30. The predicted octanol–water partition coefficient (Wildman–Crippen LogP) is 1.73. The summed E-state index contributed by atoms with van der Waals surface area (Å²) < 4.78 is 9.78. The fraction of sp³-hybridized carbons (Fsp3) is 0.375. The van der Waals surface area contributed by atoms with Gasteiger partial charge in [0.15, 0.2) is 18.1 Å². The van der Waals surface area contributed by atoms with E-state index in [9.17, 15) is 14.7 Å². The first-order valence-corrected chi connectivity index (χ1v) is 6.91. The number of phenolic OH excluding ortho intramolecular Hbond substituents is 1. The zero-order valence-corrected chi connectivity index (χ0v) is 13.0. The molecule has 0 bridgehead atoms. The Labute approximate surface area is 129 Å². The van der Waals surface area contributed by atoms with E-state index in [0.717, 1.165) is 0 Å². The molecule has 1 aromatic carbocycles. The van der Waals surface area contributed by atoms with Crippen LogP contribution in [0.3, 0.4) is 0 Å². The van der Waals surface area contributed by atoms with E-state index in [-0.39, 0.29) is 18.3 Å². The van der Waals surface area contributed by atoms with Crippen molar-refractivity contribution in [2.75, 3.05) is 20.3 Å². The maximum atomic E-state index is 11.5. The molecule has 0 aromatic heterocycles. The topological polar surface area (TPSA) is 84.9 Å². The number of hydrogen-bond donors (Lipinski definition) is 2. The summed E-state index contributed by atoms with van der Waals surface area (Å²) >= 11 is 0. The summed E-state index contributed by atoms with van der Waals surface area (Å²) in [6.07, 6.45) is 2.72. The second-order valence-corrected chi connectivity index (χ2v) is 5.07. The van der Waals surface area contributed by atoms with Gasteiger partial charge in [-0.2, -0.15) is 0 Å². The average molecular weight is 307 g/mol. The molecule has 0 saturated carbocycles. The molecule has 0 spiro atoms. The lowest BCUT2D eigenvalue weighted by Crippen LogP contribution is -2.31. The molecular weight excluding hydrogens is 286 g/mol. The molecule has 0 aliphatic heterocycles. The number of phenols is 1. The van der Waals surface area contributed by atoms with Gasteiger partial charge >= 0.3 is 5.97 Å². The van der Waals surface area contributed by atoms with Crippen molar-refractivity contribution >= 4 is 18.0 Å². The van der Waals surface area contributed by atoms with Gasteiger partial charge in [0.25, 0.3) is 5.91 Å². The van der Waals surface area contributed by atoms with Gasteiger partial charge in [0, 0.05) is 12.6 Å². The molecule has 1 rings (SSSR count). The number of amides is 1. The molecule has 0 saturated heterocycles. The van der Waals surface area contributed by atoms with Crippen molar-refractivity contribution < 1.29 is 24.2 Å². The maximum absolute atomic E-state index is 11.5. The first-order valence-electron chi connectivity index (χ1n) is 6.91. The highest BCUT2D eigenvalue weighted by Gasteiger charge is 2.06. The summed E-state index contributed by atoms with van der Waals surface area (Å²) in [6, 6.07) is 4.66. The molecule has 0 radical (unpaired) electrons. The number of aromatic hydroxyl groups is 1. The number of carbonyl (C=O) groups excluding carboxylic acids is 2. The molecule has 0 heterocycles. The highest BCUT2D eigenvalue weighted by Crippen LogP contribution is 2.26. The second-order valence-electron chi connectivity index (χ2n) is 5.07. The zero-order chi connectivity index (χ0) is 16.5. The van der Waals surface area contributed by atoms with E-state index < -0.39 is 5.97 Å². The lowest BCUT2D eigenvalue weighted by Gasteiger charge is -2.07. The molecular formula is C16H21NO5. The molecule has 6 heteroatoms. The van der Waals surface area contributed by atoms with Crippen molar-refractivity contribution in [3.8, 4) is 11.5 Å². The maximum Gasteiger partial charge on any atom is 0.331 e. The SMILES string of the molecule is COc1cc(/C=C/C(=O)OCC(=O)NCC(C)C)ccc1O. The van der Waals surface area contributed by atoms with Crippen molar-refractivity contribution in [3.63, 3.8) is 0 Å². The molecule has 0 aliphatic rings. The molecule has 22 heavy (non-hydrogen) atoms. The molecule has 6 nitrogen and oxygen atoms in total. The normalized spacial score (nSPS) is 10.7. The summed E-state index contributed by atoms with van der Waals surface area (Å²) in [4.78, 5) is 22.9. The number of carbonyl (C=O) groups is 2. The fourth-order valence-electron chi connectivity index (χ4n) is 1.52. The third-order valence-corrected chi connectivity index (χ3v) is 2.67. The highest BCUT2D eigenvalue weighted by atomic mass is 16.5. The molecule has 2 N–H and O–H groups in total. The van der Waals surface area contributed by atoms with Gasteiger partial charge in [-0.1, -0.05) is 19.9 Å². The van der Waals surface area contributed by atoms with E-state index >= 15 is 0 Å². The van der Waals surface area contributed by atoms with Gasteiger partial charge < -0.3 is 19.9 Å². The molecule has 1 aromatic rings. The van der Waals surface area contributed by atoms with E-state index in [4.69, 9.17) is 9.47 Å². The van der Waals surface area contributed by atoms with E-state index in [0.29, 0.717) is 23.8 Å². The Morgan fingerprint density at radius 1 is 1.36 bits per heavy atom. The Kier molecular flexibility index (Phi) is 6.95. The van der Waals surface area contributed by atoms with Crippen LogP contribution in [0.2, 0.25) is 0 Å². The van der Waals surface area contributed by atoms with Crippen LogP contribution in [0.5, 0.6) is 11.5 Å². The Hall–Kier alpha value is -2.50. The summed E-state index contributed by atoms with van der Waals surface area (Å²) in [5.41, 5.74) is 0.663. The summed E-state index contributed by atoms with van der Waals surface area (Å²) in [6.45, 7) is 4.18. The summed E-state index contributed by atoms with van der Waals surface area (Å²) in [7, 11) is 1.44. The van der Waals surface area contributed by atoms with Crippen LogP contribution < -0.4 is 10.1 Å². The average Bonchev–Trinajstić information content (AvgIpc) is 2.49. The first kappa shape index (κ1) is 17.6.